The van der Waals surface area contributed by atoms with E-state index in [9.17, 15) is 0 Å². The van der Waals surface area contributed by atoms with E-state index in [0.29, 0.717) is 6.04 Å². The summed E-state index contributed by atoms with van der Waals surface area (Å²) in [5.41, 5.74) is 1.35. The fourth-order valence-electron chi connectivity index (χ4n) is 1.60. The maximum absolute atomic E-state index is 4.18. The van der Waals surface area contributed by atoms with Crippen LogP contribution in [0.2, 0.25) is 0 Å². The Balaban J connectivity index is 1.95. The van der Waals surface area contributed by atoms with E-state index < -0.39 is 0 Å². The second-order valence-electron chi connectivity index (χ2n) is 3.72. The van der Waals surface area contributed by atoms with Gasteiger partial charge in [0.25, 0.3) is 0 Å². The van der Waals surface area contributed by atoms with Crippen LogP contribution in [0.5, 0.6) is 0 Å². The molecule has 1 unspecified atom stereocenters. The summed E-state index contributed by atoms with van der Waals surface area (Å²) in [7, 11) is 3.75. The zero-order valence-electron chi connectivity index (χ0n) is 9.42. The molecule has 6 heteroatoms. The number of likely N-dealkylation sites (N-methyl/N-ethyl adjacent to an activating group) is 1. The number of thiophene rings is 1. The summed E-state index contributed by atoms with van der Waals surface area (Å²) in [5, 5.41) is 19.6. The number of hydrogen-bond acceptors (Lipinski definition) is 5. The Labute approximate surface area is 98.5 Å². The van der Waals surface area contributed by atoms with Gasteiger partial charge >= 0.3 is 0 Å². The van der Waals surface area contributed by atoms with Crippen molar-refractivity contribution in [1.29, 1.82) is 0 Å². The number of aryl methyl sites for hydroxylation is 1. The minimum absolute atomic E-state index is 0.360. The van der Waals surface area contributed by atoms with Crippen LogP contribution in [0.15, 0.2) is 16.8 Å². The van der Waals surface area contributed by atoms with Gasteiger partial charge < -0.3 is 5.32 Å². The molecule has 0 spiro atoms. The van der Waals surface area contributed by atoms with Crippen molar-refractivity contribution in [3.8, 4) is 0 Å². The molecule has 0 fully saturated rings. The van der Waals surface area contributed by atoms with Crippen LogP contribution in [0.3, 0.4) is 0 Å². The normalized spacial score (nSPS) is 12.9. The number of nitrogens with zero attached hydrogens (tertiary/aromatic N) is 4. The molecule has 0 saturated carbocycles. The SMILES string of the molecule is CNC(Cc1ccsc1)Cc1nnn(C)n1. The van der Waals surface area contributed by atoms with E-state index in [-0.39, 0.29) is 0 Å². The molecule has 0 bridgehead atoms. The highest BCUT2D eigenvalue weighted by atomic mass is 32.1. The van der Waals surface area contributed by atoms with Crippen LogP contribution in [-0.2, 0) is 19.9 Å². The van der Waals surface area contributed by atoms with Gasteiger partial charge in [-0.1, -0.05) is 0 Å². The van der Waals surface area contributed by atoms with Crippen molar-refractivity contribution in [2.75, 3.05) is 7.05 Å². The van der Waals surface area contributed by atoms with E-state index in [2.05, 4.69) is 37.6 Å². The minimum Gasteiger partial charge on any atom is -0.316 e. The van der Waals surface area contributed by atoms with Gasteiger partial charge in [0.1, 0.15) is 0 Å². The van der Waals surface area contributed by atoms with Crippen LogP contribution < -0.4 is 5.32 Å². The topological polar surface area (TPSA) is 55.6 Å². The van der Waals surface area contributed by atoms with Gasteiger partial charge in [0.05, 0.1) is 7.05 Å². The van der Waals surface area contributed by atoms with E-state index in [1.807, 2.05) is 7.05 Å². The Morgan fingerprint density at radius 2 is 2.38 bits per heavy atom. The van der Waals surface area contributed by atoms with Gasteiger partial charge in [-0.2, -0.15) is 16.1 Å². The molecule has 0 aliphatic carbocycles. The van der Waals surface area contributed by atoms with Crippen molar-refractivity contribution >= 4 is 11.3 Å². The van der Waals surface area contributed by atoms with Gasteiger partial charge in [-0.25, -0.2) is 0 Å². The molecule has 16 heavy (non-hydrogen) atoms. The van der Waals surface area contributed by atoms with Gasteiger partial charge in [0, 0.05) is 12.5 Å². The zero-order valence-corrected chi connectivity index (χ0v) is 10.2. The third kappa shape index (κ3) is 2.86. The first-order valence-electron chi connectivity index (χ1n) is 5.19. The quantitative estimate of drug-likeness (QED) is 0.829. The maximum Gasteiger partial charge on any atom is 0.176 e. The first-order chi connectivity index (χ1) is 7.78. The summed E-state index contributed by atoms with van der Waals surface area (Å²) in [6.07, 6.45) is 1.80. The highest BCUT2D eigenvalue weighted by molar-refractivity contribution is 7.07. The molecule has 1 N–H and O–H groups in total. The molecule has 2 heterocycles. The van der Waals surface area contributed by atoms with Gasteiger partial charge in [0.2, 0.25) is 0 Å². The standard InChI is InChI=1S/C10H15N5S/c1-11-9(5-8-3-4-16-7-8)6-10-12-14-15(2)13-10/h3-4,7,9,11H,5-6H2,1-2H3. The van der Waals surface area contributed by atoms with Gasteiger partial charge in [-0.3, -0.25) is 0 Å². The Morgan fingerprint density at radius 1 is 1.50 bits per heavy atom. The van der Waals surface area contributed by atoms with Crippen molar-refractivity contribution in [2.24, 2.45) is 7.05 Å². The summed E-state index contributed by atoms with van der Waals surface area (Å²) in [4.78, 5) is 1.49. The average molecular weight is 237 g/mol. The van der Waals surface area contributed by atoms with Crippen LogP contribution in [0.4, 0.5) is 0 Å². The van der Waals surface area contributed by atoms with Gasteiger partial charge in [0.15, 0.2) is 5.82 Å². The molecule has 0 radical (unpaired) electrons. The van der Waals surface area contributed by atoms with Crippen LogP contribution in [0, 0.1) is 0 Å². The van der Waals surface area contributed by atoms with Crippen LogP contribution >= 0.6 is 11.3 Å². The van der Waals surface area contributed by atoms with Crippen LogP contribution in [0.25, 0.3) is 0 Å². The zero-order chi connectivity index (χ0) is 11.4. The van der Waals surface area contributed by atoms with Crippen LogP contribution in [0.1, 0.15) is 11.4 Å². The molecule has 0 aliphatic rings. The maximum atomic E-state index is 4.18. The molecule has 0 saturated heterocycles. The molecular weight excluding hydrogens is 222 g/mol. The highest BCUT2D eigenvalue weighted by Crippen LogP contribution is 2.10. The number of tetrazole rings is 1. The Kier molecular flexibility index (Phi) is 3.63. The summed E-state index contributed by atoms with van der Waals surface area (Å²) in [6.45, 7) is 0. The molecule has 2 aromatic heterocycles. The van der Waals surface area contributed by atoms with Gasteiger partial charge in [-0.15, -0.1) is 10.2 Å². The predicted molar refractivity (Wildman–Crippen MR) is 63.4 cm³/mol. The molecule has 1 atom stereocenters. The van der Waals surface area contributed by atoms with Crippen molar-refractivity contribution in [3.63, 3.8) is 0 Å². The van der Waals surface area contributed by atoms with E-state index in [4.69, 9.17) is 0 Å². The van der Waals surface area contributed by atoms with E-state index in [1.54, 1.807) is 18.4 Å². The predicted octanol–water partition coefficient (Wildman–Crippen LogP) is 0.645. The second-order valence-corrected chi connectivity index (χ2v) is 4.50. The fraction of sp³-hybridized carbons (Fsp3) is 0.500. The number of aromatic nitrogens is 4. The lowest BCUT2D eigenvalue weighted by Gasteiger charge is -2.12. The highest BCUT2D eigenvalue weighted by Gasteiger charge is 2.11. The average Bonchev–Trinajstić information content (AvgIpc) is 2.89. The van der Waals surface area contributed by atoms with Gasteiger partial charge in [-0.05, 0) is 41.1 Å². The molecular formula is C10H15N5S. The number of rotatable bonds is 5. The van der Waals surface area contributed by atoms with E-state index in [0.717, 1.165) is 18.7 Å². The van der Waals surface area contributed by atoms with Crippen molar-refractivity contribution < 1.29 is 0 Å². The molecule has 5 nitrogen and oxygen atoms in total. The lowest BCUT2D eigenvalue weighted by Crippen LogP contribution is -2.30. The molecule has 2 rings (SSSR count). The molecule has 2 aromatic rings. The number of nitrogens with one attached hydrogen (secondary N) is 1. The van der Waals surface area contributed by atoms with E-state index in [1.165, 1.54) is 10.4 Å². The molecule has 0 amide bonds. The van der Waals surface area contributed by atoms with Crippen molar-refractivity contribution in [1.82, 2.24) is 25.5 Å². The summed E-state index contributed by atoms with van der Waals surface area (Å²) >= 11 is 1.73. The largest absolute Gasteiger partial charge is 0.316 e. The van der Waals surface area contributed by atoms with Crippen molar-refractivity contribution in [2.45, 2.75) is 18.9 Å². The third-order valence-corrected chi connectivity index (χ3v) is 3.18. The molecule has 86 valence electrons. The molecule has 0 aromatic carbocycles. The van der Waals surface area contributed by atoms with Crippen molar-refractivity contribution in [3.05, 3.63) is 28.2 Å². The Bertz CT molecular complexity index is 422. The fourth-order valence-corrected chi connectivity index (χ4v) is 2.28. The first kappa shape index (κ1) is 11.2. The van der Waals surface area contributed by atoms with E-state index >= 15 is 0 Å². The van der Waals surface area contributed by atoms with Crippen LogP contribution in [-0.4, -0.2) is 33.3 Å². The Hall–Kier alpha value is -1.27. The lowest BCUT2D eigenvalue weighted by atomic mass is 10.1. The lowest BCUT2D eigenvalue weighted by molar-refractivity contribution is 0.541. The Morgan fingerprint density at radius 3 is 2.94 bits per heavy atom. The number of hydrogen-bond donors (Lipinski definition) is 1. The third-order valence-electron chi connectivity index (χ3n) is 2.45. The smallest absolute Gasteiger partial charge is 0.176 e. The monoisotopic (exact) mass is 237 g/mol. The summed E-state index contributed by atoms with van der Waals surface area (Å²) in [5.74, 6) is 0.789. The second kappa shape index (κ2) is 5.18. The first-order valence-corrected chi connectivity index (χ1v) is 6.13. The summed E-state index contributed by atoms with van der Waals surface area (Å²) in [6, 6.07) is 2.51. The summed E-state index contributed by atoms with van der Waals surface area (Å²) < 4.78 is 0. The minimum atomic E-state index is 0.360. The molecule has 0 aliphatic heterocycles.